The third-order valence-corrected chi connectivity index (χ3v) is 4.86. The van der Waals surface area contributed by atoms with Crippen molar-refractivity contribution in [2.75, 3.05) is 19.8 Å². The van der Waals surface area contributed by atoms with Crippen LogP contribution < -0.4 is 10.1 Å². The SMILES string of the molecule is O=C1NCCc2[nH]c(-c3ccnc(-c4ccc(OCC5CO5)cc4)c3)cc21. The third-order valence-electron chi connectivity index (χ3n) is 4.86. The first-order valence-corrected chi connectivity index (χ1v) is 9.07. The van der Waals surface area contributed by atoms with Gasteiger partial charge in [-0.25, -0.2) is 0 Å². The predicted molar refractivity (Wildman–Crippen MR) is 101 cm³/mol. The number of benzene rings is 1. The second-order valence-electron chi connectivity index (χ2n) is 6.80. The third kappa shape index (κ3) is 3.31. The van der Waals surface area contributed by atoms with Gasteiger partial charge in [0.1, 0.15) is 18.5 Å². The summed E-state index contributed by atoms with van der Waals surface area (Å²) < 4.78 is 10.8. The summed E-state index contributed by atoms with van der Waals surface area (Å²) in [7, 11) is 0. The summed E-state index contributed by atoms with van der Waals surface area (Å²) in [6, 6.07) is 13.8. The Hall–Kier alpha value is -3.12. The van der Waals surface area contributed by atoms with Gasteiger partial charge in [-0.2, -0.15) is 0 Å². The lowest BCUT2D eigenvalue weighted by Gasteiger charge is -2.11. The molecule has 0 aliphatic carbocycles. The molecule has 1 unspecified atom stereocenters. The summed E-state index contributed by atoms with van der Waals surface area (Å²) in [6.45, 7) is 2.06. The van der Waals surface area contributed by atoms with E-state index < -0.39 is 0 Å². The monoisotopic (exact) mass is 361 g/mol. The quantitative estimate of drug-likeness (QED) is 0.685. The number of hydrogen-bond donors (Lipinski definition) is 2. The number of H-pyrrole nitrogens is 1. The molecule has 3 aromatic rings. The Morgan fingerprint density at radius 2 is 2.00 bits per heavy atom. The van der Waals surface area contributed by atoms with E-state index in [1.165, 1.54) is 0 Å². The second kappa shape index (κ2) is 6.55. The standard InChI is InChI=1S/C21H19N3O3/c25-21-17-10-20(24-18(17)6-8-23-21)14-5-7-22-19(9-14)13-1-3-15(4-2-13)26-11-16-12-27-16/h1-5,7,9-10,16,24H,6,8,11-12H2,(H,23,25). The molecule has 4 heterocycles. The first-order valence-electron chi connectivity index (χ1n) is 9.07. The Morgan fingerprint density at radius 3 is 2.78 bits per heavy atom. The molecule has 6 heteroatoms. The van der Waals surface area contributed by atoms with Crippen molar-refractivity contribution >= 4 is 5.91 Å². The number of hydrogen-bond acceptors (Lipinski definition) is 4. The first-order chi connectivity index (χ1) is 13.3. The van der Waals surface area contributed by atoms with Crippen LogP contribution in [0.1, 0.15) is 16.1 Å². The molecule has 2 aliphatic heterocycles. The summed E-state index contributed by atoms with van der Waals surface area (Å²) in [6.07, 6.45) is 2.86. The van der Waals surface area contributed by atoms with Crippen molar-refractivity contribution < 1.29 is 14.3 Å². The molecule has 1 aromatic carbocycles. The normalized spacial score (nSPS) is 17.9. The number of nitrogens with zero attached hydrogens (tertiary/aromatic N) is 1. The summed E-state index contributed by atoms with van der Waals surface area (Å²) in [5, 5.41) is 2.88. The molecule has 27 heavy (non-hydrogen) atoms. The van der Waals surface area contributed by atoms with Crippen molar-refractivity contribution in [2.45, 2.75) is 12.5 Å². The van der Waals surface area contributed by atoms with Crippen molar-refractivity contribution in [1.29, 1.82) is 0 Å². The molecule has 6 nitrogen and oxygen atoms in total. The van der Waals surface area contributed by atoms with E-state index >= 15 is 0 Å². The Kier molecular flexibility index (Phi) is 3.90. The van der Waals surface area contributed by atoms with Crippen LogP contribution in [0.5, 0.6) is 5.75 Å². The lowest BCUT2D eigenvalue weighted by Crippen LogP contribution is -2.31. The molecule has 1 saturated heterocycles. The van der Waals surface area contributed by atoms with Gasteiger partial charge in [-0.3, -0.25) is 9.78 Å². The number of fused-ring (bicyclic) bond motifs is 1. The number of pyridine rings is 1. The van der Waals surface area contributed by atoms with Gasteiger partial charge in [0.05, 0.1) is 17.9 Å². The Labute approximate surface area is 156 Å². The number of epoxide rings is 1. The van der Waals surface area contributed by atoms with E-state index in [9.17, 15) is 4.79 Å². The van der Waals surface area contributed by atoms with Crippen LogP contribution >= 0.6 is 0 Å². The van der Waals surface area contributed by atoms with E-state index in [4.69, 9.17) is 9.47 Å². The number of ether oxygens (including phenoxy) is 2. The van der Waals surface area contributed by atoms with Gasteiger partial charge >= 0.3 is 0 Å². The highest BCUT2D eigenvalue weighted by atomic mass is 16.6. The predicted octanol–water partition coefficient (Wildman–Crippen LogP) is 2.81. The molecule has 2 N–H and O–H groups in total. The number of aromatic nitrogens is 2. The van der Waals surface area contributed by atoms with Crippen LogP contribution in [-0.2, 0) is 11.2 Å². The summed E-state index contributed by atoms with van der Waals surface area (Å²) in [5.74, 6) is 0.814. The molecule has 0 saturated carbocycles. The molecule has 0 spiro atoms. The van der Waals surface area contributed by atoms with Crippen LogP contribution in [0.4, 0.5) is 0 Å². The summed E-state index contributed by atoms with van der Waals surface area (Å²) in [5.41, 5.74) is 5.56. The van der Waals surface area contributed by atoms with Gasteiger partial charge in [0.15, 0.2) is 0 Å². The number of nitrogens with one attached hydrogen (secondary N) is 2. The highest BCUT2D eigenvalue weighted by molar-refractivity contribution is 5.97. The lowest BCUT2D eigenvalue weighted by atomic mass is 10.1. The average Bonchev–Trinajstić information content (AvgIpc) is 3.43. The molecular weight excluding hydrogens is 342 g/mol. The fraction of sp³-hybridized carbons (Fsp3) is 0.238. The molecule has 2 aromatic heterocycles. The second-order valence-corrected chi connectivity index (χ2v) is 6.80. The van der Waals surface area contributed by atoms with Gasteiger partial charge in [0.2, 0.25) is 0 Å². The number of aromatic amines is 1. The molecular formula is C21H19N3O3. The lowest BCUT2D eigenvalue weighted by molar-refractivity contribution is 0.0946. The molecule has 1 amide bonds. The Bertz CT molecular complexity index is 990. The van der Waals surface area contributed by atoms with Gasteiger partial charge in [-0.05, 0) is 42.5 Å². The minimum atomic E-state index is -0.0137. The zero-order chi connectivity index (χ0) is 18.2. The van der Waals surface area contributed by atoms with Crippen LogP contribution in [0.25, 0.3) is 22.5 Å². The van der Waals surface area contributed by atoms with Gasteiger partial charge < -0.3 is 19.8 Å². The molecule has 0 bridgehead atoms. The highest BCUT2D eigenvalue weighted by Gasteiger charge is 2.23. The highest BCUT2D eigenvalue weighted by Crippen LogP contribution is 2.28. The summed E-state index contributed by atoms with van der Waals surface area (Å²) in [4.78, 5) is 19.9. The van der Waals surface area contributed by atoms with Crippen molar-refractivity contribution in [3.8, 4) is 28.3 Å². The van der Waals surface area contributed by atoms with Gasteiger partial charge in [-0.1, -0.05) is 0 Å². The fourth-order valence-corrected chi connectivity index (χ4v) is 3.28. The van der Waals surface area contributed by atoms with Crippen molar-refractivity contribution in [2.24, 2.45) is 0 Å². The van der Waals surface area contributed by atoms with E-state index in [2.05, 4.69) is 15.3 Å². The number of amides is 1. The first kappa shape index (κ1) is 16.1. The maximum Gasteiger partial charge on any atom is 0.253 e. The molecule has 136 valence electrons. The zero-order valence-corrected chi connectivity index (χ0v) is 14.7. The topological polar surface area (TPSA) is 79.5 Å². The molecule has 1 atom stereocenters. The molecule has 0 radical (unpaired) electrons. The largest absolute Gasteiger partial charge is 0.491 e. The summed E-state index contributed by atoms with van der Waals surface area (Å²) >= 11 is 0. The maximum absolute atomic E-state index is 12.0. The van der Waals surface area contributed by atoms with Crippen LogP contribution in [0.15, 0.2) is 48.7 Å². The van der Waals surface area contributed by atoms with E-state index in [0.29, 0.717) is 13.2 Å². The van der Waals surface area contributed by atoms with E-state index in [-0.39, 0.29) is 12.0 Å². The van der Waals surface area contributed by atoms with Gasteiger partial charge in [-0.15, -0.1) is 0 Å². The van der Waals surface area contributed by atoms with E-state index in [1.807, 2.05) is 42.5 Å². The fourth-order valence-electron chi connectivity index (χ4n) is 3.28. The minimum Gasteiger partial charge on any atom is -0.491 e. The maximum atomic E-state index is 12.0. The van der Waals surface area contributed by atoms with E-state index in [1.54, 1.807) is 6.20 Å². The zero-order valence-electron chi connectivity index (χ0n) is 14.7. The van der Waals surface area contributed by atoms with E-state index in [0.717, 1.165) is 52.5 Å². The van der Waals surface area contributed by atoms with Crippen molar-refractivity contribution in [1.82, 2.24) is 15.3 Å². The average molecular weight is 361 g/mol. The number of carbonyl (C=O) groups excluding carboxylic acids is 1. The van der Waals surface area contributed by atoms with Crippen LogP contribution in [0, 0.1) is 0 Å². The van der Waals surface area contributed by atoms with Crippen LogP contribution in [0.2, 0.25) is 0 Å². The number of rotatable bonds is 5. The van der Waals surface area contributed by atoms with Crippen molar-refractivity contribution in [3.05, 3.63) is 59.9 Å². The Balaban J connectivity index is 1.39. The van der Waals surface area contributed by atoms with Crippen LogP contribution in [0.3, 0.4) is 0 Å². The van der Waals surface area contributed by atoms with Gasteiger partial charge in [0.25, 0.3) is 5.91 Å². The van der Waals surface area contributed by atoms with Crippen molar-refractivity contribution in [3.63, 3.8) is 0 Å². The number of carbonyl (C=O) groups is 1. The minimum absolute atomic E-state index is 0.0137. The molecule has 2 aliphatic rings. The van der Waals surface area contributed by atoms with Gasteiger partial charge in [0, 0.05) is 41.7 Å². The molecule has 5 rings (SSSR count). The molecule has 1 fully saturated rings. The van der Waals surface area contributed by atoms with Crippen LogP contribution in [-0.4, -0.2) is 41.7 Å². The Morgan fingerprint density at radius 1 is 1.15 bits per heavy atom. The smallest absolute Gasteiger partial charge is 0.253 e.